The van der Waals surface area contributed by atoms with E-state index in [2.05, 4.69) is 0 Å². The van der Waals surface area contributed by atoms with Crippen LogP contribution in [0.15, 0.2) is 42.5 Å². The van der Waals surface area contributed by atoms with Crippen LogP contribution in [0.1, 0.15) is 23.2 Å². The first-order valence-corrected chi connectivity index (χ1v) is 7.00. The summed E-state index contributed by atoms with van der Waals surface area (Å²) in [5, 5.41) is 0. The average molecular weight is 287 g/mol. The smallest absolute Gasteiger partial charge is 0.254 e. The largest absolute Gasteiger partial charge is 0.339 e. The number of hydrogen-bond donors (Lipinski definition) is 0. The van der Waals surface area contributed by atoms with E-state index in [9.17, 15) is 13.6 Å². The van der Waals surface area contributed by atoms with Crippen LogP contribution in [0.2, 0.25) is 0 Å². The van der Waals surface area contributed by atoms with Crippen LogP contribution in [0.25, 0.3) is 11.1 Å². The second kappa shape index (κ2) is 5.64. The van der Waals surface area contributed by atoms with Gasteiger partial charge in [0.2, 0.25) is 0 Å². The Morgan fingerprint density at radius 2 is 1.57 bits per heavy atom. The van der Waals surface area contributed by atoms with Crippen LogP contribution >= 0.6 is 0 Å². The van der Waals surface area contributed by atoms with Gasteiger partial charge in [0.15, 0.2) is 0 Å². The second-order valence-corrected chi connectivity index (χ2v) is 5.20. The lowest BCUT2D eigenvalue weighted by Crippen LogP contribution is -2.28. The molecule has 2 aromatic carbocycles. The molecule has 0 aliphatic carbocycles. The average Bonchev–Trinajstić information content (AvgIpc) is 2.99. The summed E-state index contributed by atoms with van der Waals surface area (Å²) in [7, 11) is 0. The molecule has 2 aromatic rings. The van der Waals surface area contributed by atoms with Gasteiger partial charge in [-0.1, -0.05) is 18.2 Å². The molecule has 1 amide bonds. The zero-order valence-corrected chi connectivity index (χ0v) is 11.5. The van der Waals surface area contributed by atoms with Gasteiger partial charge in [0.25, 0.3) is 5.91 Å². The van der Waals surface area contributed by atoms with Crippen molar-refractivity contribution in [2.75, 3.05) is 13.1 Å². The molecular weight excluding hydrogens is 272 g/mol. The Balaban J connectivity index is 2.04. The number of carbonyl (C=O) groups is 1. The first-order valence-electron chi connectivity index (χ1n) is 7.00. The van der Waals surface area contributed by atoms with E-state index in [0.717, 1.165) is 32.0 Å². The molecule has 0 spiro atoms. The predicted octanol–water partition coefficient (Wildman–Crippen LogP) is 3.87. The first kappa shape index (κ1) is 13.7. The van der Waals surface area contributed by atoms with Gasteiger partial charge >= 0.3 is 0 Å². The highest BCUT2D eigenvalue weighted by Gasteiger charge is 2.22. The quantitative estimate of drug-likeness (QED) is 0.821. The van der Waals surface area contributed by atoms with Crippen molar-refractivity contribution in [2.24, 2.45) is 0 Å². The molecule has 3 rings (SSSR count). The summed E-state index contributed by atoms with van der Waals surface area (Å²) in [6.07, 6.45) is 2.00. The van der Waals surface area contributed by atoms with Crippen LogP contribution in [0, 0.1) is 11.6 Å². The van der Waals surface area contributed by atoms with Gasteiger partial charge in [-0.05, 0) is 42.2 Å². The van der Waals surface area contributed by atoms with Crippen LogP contribution in [-0.4, -0.2) is 23.9 Å². The van der Waals surface area contributed by atoms with Crippen molar-refractivity contribution in [3.63, 3.8) is 0 Å². The normalized spacial score (nSPS) is 14.5. The standard InChI is InChI=1S/C17H15F2NO/c18-13-9-12(10-14(19)11-13)15-5-1-2-6-16(15)17(21)20-7-3-4-8-20/h1-2,5-6,9-11H,3-4,7-8H2. The van der Waals surface area contributed by atoms with E-state index < -0.39 is 11.6 Å². The Morgan fingerprint density at radius 3 is 2.24 bits per heavy atom. The summed E-state index contributed by atoms with van der Waals surface area (Å²) in [5.41, 5.74) is 1.44. The van der Waals surface area contributed by atoms with Gasteiger partial charge in [-0.15, -0.1) is 0 Å². The second-order valence-electron chi connectivity index (χ2n) is 5.20. The molecule has 108 valence electrons. The fraction of sp³-hybridized carbons (Fsp3) is 0.235. The Bertz CT molecular complexity index is 658. The third kappa shape index (κ3) is 2.79. The molecule has 0 saturated carbocycles. The topological polar surface area (TPSA) is 20.3 Å². The van der Waals surface area contributed by atoms with E-state index in [1.165, 1.54) is 12.1 Å². The van der Waals surface area contributed by atoms with Gasteiger partial charge in [0.1, 0.15) is 11.6 Å². The van der Waals surface area contributed by atoms with Crippen LogP contribution in [0.3, 0.4) is 0 Å². The van der Waals surface area contributed by atoms with Crippen molar-refractivity contribution in [1.29, 1.82) is 0 Å². The number of rotatable bonds is 2. The molecule has 0 bridgehead atoms. The Hall–Kier alpha value is -2.23. The Morgan fingerprint density at radius 1 is 0.952 bits per heavy atom. The lowest BCUT2D eigenvalue weighted by molar-refractivity contribution is 0.0793. The summed E-state index contributed by atoms with van der Waals surface area (Å²) in [5.74, 6) is -1.37. The van der Waals surface area contributed by atoms with Crippen LogP contribution in [0.5, 0.6) is 0 Å². The molecule has 1 aliphatic heterocycles. The third-order valence-corrected chi connectivity index (χ3v) is 3.72. The minimum Gasteiger partial charge on any atom is -0.339 e. The predicted molar refractivity (Wildman–Crippen MR) is 76.9 cm³/mol. The molecule has 0 aromatic heterocycles. The SMILES string of the molecule is O=C(c1ccccc1-c1cc(F)cc(F)c1)N1CCCC1. The Kier molecular flexibility index (Phi) is 3.69. The molecule has 0 radical (unpaired) electrons. The van der Waals surface area contributed by atoms with Gasteiger partial charge in [-0.3, -0.25) is 4.79 Å². The lowest BCUT2D eigenvalue weighted by Gasteiger charge is -2.17. The summed E-state index contributed by atoms with van der Waals surface area (Å²) >= 11 is 0. The zero-order valence-electron chi connectivity index (χ0n) is 11.5. The minimum absolute atomic E-state index is 0.0761. The summed E-state index contributed by atoms with van der Waals surface area (Å²) < 4.78 is 26.8. The van der Waals surface area contributed by atoms with Crippen molar-refractivity contribution in [3.8, 4) is 11.1 Å². The highest BCUT2D eigenvalue weighted by molar-refractivity contribution is 6.01. The molecular formula is C17H15F2NO. The van der Waals surface area contributed by atoms with Gasteiger partial charge in [-0.25, -0.2) is 8.78 Å². The number of nitrogens with zero attached hydrogens (tertiary/aromatic N) is 1. The van der Waals surface area contributed by atoms with Crippen LogP contribution in [0.4, 0.5) is 8.78 Å². The van der Waals surface area contributed by atoms with Gasteiger partial charge in [0, 0.05) is 24.7 Å². The van der Waals surface area contributed by atoms with Crippen molar-refractivity contribution < 1.29 is 13.6 Å². The third-order valence-electron chi connectivity index (χ3n) is 3.72. The highest BCUT2D eigenvalue weighted by Crippen LogP contribution is 2.27. The first-order chi connectivity index (χ1) is 10.1. The molecule has 1 aliphatic rings. The fourth-order valence-electron chi connectivity index (χ4n) is 2.72. The van der Waals surface area contributed by atoms with E-state index in [0.29, 0.717) is 16.7 Å². The summed E-state index contributed by atoms with van der Waals surface area (Å²) in [4.78, 5) is 14.3. The van der Waals surface area contributed by atoms with Crippen molar-refractivity contribution in [2.45, 2.75) is 12.8 Å². The molecule has 1 fully saturated rings. The van der Waals surface area contributed by atoms with E-state index in [4.69, 9.17) is 0 Å². The van der Waals surface area contributed by atoms with E-state index in [1.54, 1.807) is 29.2 Å². The van der Waals surface area contributed by atoms with E-state index in [1.807, 2.05) is 0 Å². The number of halogens is 2. The summed E-state index contributed by atoms with van der Waals surface area (Å²) in [6, 6.07) is 10.3. The number of amides is 1. The molecule has 21 heavy (non-hydrogen) atoms. The molecule has 1 heterocycles. The molecule has 4 heteroatoms. The monoisotopic (exact) mass is 287 g/mol. The zero-order chi connectivity index (χ0) is 14.8. The van der Waals surface area contributed by atoms with Crippen molar-refractivity contribution in [3.05, 3.63) is 59.7 Å². The molecule has 0 N–H and O–H groups in total. The molecule has 1 saturated heterocycles. The molecule has 2 nitrogen and oxygen atoms in total. The van der Waals surface area contributed by atoms with Crippen LogP contribution in [-0.2, 0) is 0 Å². The molecule has 0 atom stereocenters. The molecule has 0 unspecified atom stereocenters. The number of hydrogen-bond acceptors (Lipinski definition) is 1. The fourth-order valence-corrected chi connectivity index (χ4v) is 2.72. The number of likely N-dealkylation sites (tertiary alicyclic amines) is 1. The number of carbonyl (C=O) groups excluding carboxylic acids is 1. The van der Waals surface area contributed by atoms with Crippen molar-refractivity contribution >= 4 is 5.91 Å². The van der Waals surface area contributed by atoms with Gasteiger partial charge in [-0.2, -0.15) is 0 Å². The van der Waals surface area contributed by atoms with E-state index in [-0.39, 0.29) is 5.91 Å². The number of benzene rings is 2. The van der Waals surface area contributed by atoms with Gasteiger partial charge < -0.3 is 4.90 Å². The lowest BCUT2D eigenvalue weighted by atomic mass is 9.98. The maximum atomic E-state index is 13.4. The van der Waals surface area contributed by atoms with E-state index >= 15 is 0 Å². The summed E-state index contributed by atoms with van der Waals surface area (Å²) in [6.45, 7) is 1.48. The highest BCUT2D eigenvalue weighted by atomic mass is 19.1. The maximum Gasteiger partial charge on any atom is 0.254 e. The minimum atomic E-state index is -0.645. The maximum absolute atomic E-state index is 13.4. The van der Waals surface area contributed by atoms with Crippen molar-refractivity contribution in [1.82, 2.24) is 4.90 Å². The van der Waals surface area contributed by atoms with Crippen LogP contribution < -0.4 is 0 Å². The Labute approximate surface area is 122 Å². The van der Waals surface area contributed by atoms with Gasteiger partial charge in [0.05, 0.1) is 0 Å².